The van der Waals surface area contributed by atoms with Gasteiger partial charge in [0.05, 0.1) is 12.0 Å². The van der Waals surface area contributed by atoms with Crippen LogP contribution in [0.2, 0.25) is 0 Å². The summed E-state index contributed by atoms with van der Waals surface area (Å²) in [7, 11) is -2.82. The molecule has 0 saturated heterocycles. The van der Waals surface area contributed by atoms with Gasteiger partial charge < -0.3 is 4.74 Å². The smallest absolute Gasteiger partial charge is 0.289 e. The standard InChI is InChI=1S/C8H10N2O5S/c1-5-3-6(10(11)12)8(16(9,13)14)4-7(5)15-2/h3-4H,1-2H3,(H2,9,13,14). The van der Waals surface area contributed by atoms with Gasteiger partial charge in [-0.25, -0.2) is 13.6 Å². The minimum Gasteiger partial charge on any atom is -0.496 e. The van der Waals surface area contributed by atoms with Crippen LogP contribution < -0.4 is 9.88 Å². The van der Waals surface area contributed by atoms with Gasteiger partial charge in [-0.3, -0.25) is 10.1 Å². The van der Waals surface area contributed by atoms with Gasteiger partial charge in [0.2, 0.25) is 10.0 Å². The Morgan fingerprint density at radius 2 is 2.00 bits per heavy atom. The molecule has 0 aliphatic rings. The molecule has 0 bridgehead atoms. The first-order chi connectivity index (χ1) is 7.27. The normalized spacial score (nSPS) is 11.2. The van der Waals surface area contributed by atoms with Crippen LogP contribution in [0.4, 0.5) is 5.69 Å². The summed E-state index contributed by atoms with van der Waals surface area (Å²) >= 11 is 0. The molecule has 0 radical (unpaired) electrons. The molecular weight excluding hydrogens is 236 g/mol. The predicted molar refractivity (Wildman–Crippen MR) is 55.8 cm³/mol. The zero-order valence-electron chi connectivity index (χ0n) is 8.63. The van der Waals surface area contributed by atoms with Gasteiger partial charge in [0.25, 0.3) is 5.69 Å². The molecule has 7 nitrogen and oxygen atoms in total. The molecule has 1 rings (SSSR count). The second kappa shape index (κ2) is 4.06. The summed E-state index contributed by atoms with van der Waals surface area (Å²) in [6, 6.07) is 2.15. The lowest BCUT2D eigenvalue weighted by atomic mass is 10.2. The third-order valence-electron chi connectivity index (χ3n) is 1.98. The van der Waals surface area contributed by atoms with E-state index >= 15 is 0 Å². The highest BCUT2D eigenvalue weighted by atomic mass is 32.2. The fraction of sp³-hybridized carbons (Fsp3) is 0.250. The third-order valence-corrected chi connectivity index (χ3v) is 2.92. The van der Waals surface area contributed by atoms with Crippen LogP contribution in [-0.4, -0.2) is 20.5 Å². The van der Waals surface area contributed by atoms with Crippen molar-refractivity contribution in [2.75, 3.05) is 7.11 Å². The Bertz CT molecular complexity index is 538. The highest BCUT2D eigenvalue weighted by Crippen LogP contribution is 2.30. The summed E-state index contributed by atoms with van der Waals surface area (Å²) in [5.74, 6) is 0.231. The van der Waals surface area contributed by atoms with Gasteiger partial charge in [0.15, 0.2) is 4.90 Å². The Morgan fingerprint density at radius 3 is 2.38 bits per heavy atom. The molecule has 0 saturated carbocycles. The van der Waals surface area contributed by atoms with Gasteiger partial charge in [-0.1, -0.05) is 0 Å². The van der Waals surface area contributed by atoms with E-state index in [1.165, 1.54) is 7.11 Å². The molecule has 0 heterocycles. The van der Waals surface area contributed by atoms with Crippen molar-refractivity contribution in [3.63, 3.8) is 0 Å². The number of nitro benzene ring substituents is 1. The minimum absolute atomic E-state index is 0.231. The molecule has 88 valence electrons. The summed E-state index contributed by atoms with van der Waals surface area (Å²) < 4.78 is 27.2. The van der Waals surface area contributed by atoms with Crippen LogP contribution in [0.25, 0.3) is 0 Å². The van der Waals surface area contributed by atoms with E-state index in [1.807, 2.05) is 0 Å². The Morgan fingerprint density at radius 1 is 1.44 bits per heavy atom. The van der Waals surface area contributed by atoms with E-state index in [9.17, 15) is 18.5 Å². The second-order valence-electron chi connectivity index (χ2n) is 3.09. The van der Waals surface area contributed by atoms with Crippen LogP contribution in [0.5, 0.6) is 5.75 Å². The summed E-state index contributed by atoms with van der Waals surface area (Å²) in [5.41, 5.74) is -0.0950. The molecular formula is C8H10N2O5S. The topological polar surface area (TPSA) is 113 Å². The fourth-order valence-corrected chi connectivity index (χ4v) is 1.94. The van der Waals surface area contributed by atoms with E-state index in [1.54, 1.807) is 6.92 Å². The van der Waals surface area contributed by atoms with E-state index in [0.717, 1.165) is 12.1 Å². The number of hydrogen-bond donors (Lipinski definition) is 1. The van der Waals surface area contributed by atoms with Crippen molar-refractivity contribution in [3.05, 3.63) is 27.8 Å². The van der Waals surface area contributed by atoms with Crippen LogP contribution in [-0.2, 0) is 10.0 Å². The van der Waals surface area contributed by atoms with Crippen LogP contribution >= 0.6 is 0 Å². The van der Waals surface area contributed by atoms with Gasteiger partial charge >= 0.3 is 0 Å². The Kier molecular flexibility index (Phi) is 3.15. The maximum atomic E-state index is 11.2. The third kappa shape index (κ3) is 2.28. The first-order valence-corrected chi connectivity index (χ1v) is 5.68. The average molecular weight is 246 g/mol. The first-order valence-electron chi connectivity index (χ1n) is 4.13. The number of aryl methyl sites for hydroxylation is 1. The number of sulfonamides is 1. The van der Waals surface area contributed by atoms with Crippen molar-refractivity contribution in [1.82, 2.24) is 0 Å². The van der Waals surface area contributed by atoms with Crippen molar-refractivity contribution < 1.29 is 18.1 Å². The number of nitro groups is 1. The predicted octanol–water partition coefficient (Wildman–Crippen LogP) is 0.559. The van der Waals surface area contributed by atoms with Crippen molar-refractivity contribution in [2.24, 2.45) is 5.14 Å². The molecule has 8 heteroatoms. The molecule has 0 atom stereocenters. The van der Waals surface area contributed by atoms with Gasteiger partial charge in [0, 0.05) is 12.1 Å². The number of primary sulfonamides is 1. The molecule has 0 aromatic heterocycles. The molecule has 0 unspecified atom stereocenters. The number of rotatable bonds is 3. The number of nitrogens with two attached hydrogens (primary N) is 1. The highest BCUT2D eigenvalue weighted by Gasteiger charge is 2.24. The van der Waals surface area contributed by atoms with Crippen LogP contribution in [0, 0.1) is 17.0 Å². The number of hydrogen-bond acceptors (Lipinski definition) is 5. The van der Waals surface area contributed by atoms with Crippen molar-refractivity contribution in [2.45, 2.75) is 11.8 Å². The Labute approximate surface area is 92.0 Å². The average Bonchev–Trinajstić information content (AvgIpc) is 2.15. The summed E-state index contributed by atoms with van der Waals surface area (Å²) in [5, 5.41) is 15.5. The fourth-order valence-electron chi connectivity index (χ4n) is 1.24. The number of benzene rings is 1. The molecule has 0 aliphatic carbocycles. The van der Waals surface area contributed by atoms with Crippen LogP contribution in [0.3, 0.4) is 0 Å². The molecule has 0 spiro atoms. The monoisotopic (exact) mass is 246 g/mol. The van der Waals surface area contributed by atoms with E-state index in [2.05, 4.69) is 0 Å². The first kappa shape index (κ1) is 12.4. The number of nitrogens with zero attached hydrogens (tertiary/aromatic N) is 1. The number of ether oxygens (including phenoxy) is 1. The van der Waals surface area contributed by atoms with Crippen molar-refractivity contribution in [1.29, 1.82) is 0 Å². The lowest BCUT2D eigenvalue weighted by Crippen LogP contribution is -2.14. The lowest BCUT2D eigenvalue weighted by molar-refractivity contribution is -0.387. The molecule has 0 aliphatic heterocycles. The lowest BCUT2D eigenvalue weighted by Gasteiger charge is -2.07. The minimum atomic E-state index is -4.15. The van der Waals surface area contributed by atoms with E-state index in [4.69, 9.17) is 9.88 Å². The Balaban J connectivity index is 3.62. The van der Waals surface area contributed by atoms with Gasteiger partial charge in [0.1, 0.15) is 5.75 Å². The highest BCUT2D eigenvalue weighted by molar-refractivity contribution is 7.89. The summed E-state index contributed by atoms with van der Waals surface area (Å²) in [4.78, 5) is 9.31. The molecule has 0 fully saturated rings. The maximum Gasteiger partial charge on any atom is 0.289 e. The summed E-state index contributed by atoms with van der Waals surface area (Å²) in [6.07, 6.45) is 0. The zero-order valence-corrected chi connectivity index (χ0v) is 9.45. The van der Waals surface area contributed by atoms with Crippen LogP contribution in [0.1, 0.15) is 5.56 Å². The molecule has 16 heavy (non-hydrogen) atoms. The van der Waals surface area contributed by atoms with Crippen molar-refractivity contribution in [3.8, 4) is 5.75 Å². The molecule has 1 aromatic rings. The molecule has 2 N–H and O–H groups in total. The maximum absolute atomic E-state index is 11.2. The van der Waals surface area contributed by atoms with Crippen LogP contribution in [0.15, 0.2) is 17.0 Å². The van der Waals surface area contributed by atoms with E-state index < -0.39 is 25.5 Å². The SMILES string of the molecule is COc1cc(S(N)(=O)=O)c([N+](=O)[O-])cc1C. The molecule has 1 aromatic carbocycles. The zero-order chi connectivity index (χ0) is 12.5. The van der Waals surface area contributed by atoms with Crippen molar-refractivity contribution >= 4 is 15.7 Å². The Hall–Kier alpha value is -1.67. The van der Waals surface area contributed by atoms with E-state index in [-0.39, 0.29) is 5.75 Å². The van der Waals surface area contributed by atoms with Gasteiger partial charge in [-0.2, -0.15) is 0 Å². The second-order valence-corrected chi connectivity index (χ2v) is 4.62. The van der Waals surface area contributed by atoms with Gasteiger partial charge in [-0.15, -0.1) is 0 Å². The van der Waals surface area contributed by atoms with Gasteiger partial charge in [-0.05, 0) is 12.5 Å². The largest absolute Gasteiger partial charge is 0.496 e. The van der Waals surface area contributed by atoms with E-state index in [0.29, 0.717) is 5.56 Å². The number of methoxy groups -OCH3 is 1. The quantitative estimate of drug-likeness (QED) is 0.618. The summed E-state index contributed by atoms with van der Waals surface area (Å²) in [6.45, 7) is 1.57. The molecule has 0 amide bonds.